The summed E-state index contributed by atoms with van der Waals surface area (Å²) in [6, 6.07) is 15.2. The summed E-state index contributed by atoms with van der Waals surface area (Å²) in [6.07, 6.45) is 8.41. The number of aromatic carboxylic acids is 1. The summed E-state index contributed by atoms with van der Waals surface area (Å²) < 4.78 is 54.1. The minimum atomic E-state index is -3.68. The zero-order valence-corrected chi connectivity index (χ0v) is 26.0. The van der Waals surface area contributed by atoms with Crippen LogP contribution in [0.2, 0.25) is 0 Å². The van der Waals surface area contributed by atoms with Crippen LogP contribution in [0.3, 0.4) is 0 Å². The number of halogens is 2. The second-order valence-electron chi connectivity index (χ2n) is 10.1. The van der Waals surface area contributed by atoms with Crippen LogP contribution < -0.4 is 0 Å². The first-order valence-electron chi connectivity index (χ1n) is 13.8. The summed E-state index contributed by atoms with van der Waals surface area (Å²) >= 11 is 0. The van der Waals surface area contributed by atoms with E-state index in [1.54, 1.807) is 48.8 Å². The summed E-state index contributed by atoms with van der Waals surface area (Å²) in [6.45, 7) is 0. The van der Waals surface area contributed by atoms with Crippen LogP contribution in [0.1, 0.15) is 21.0 Å². The summed E-state index contributed by atoms with van der Waals surface area (Å²) in [5.41, 5.74) is 1.97. The number of pyridine rings is 4. The van der Waals surface area contributed by atoms with E-state index in [0.29, 0.717) is 34.2 Å². The Morgan fingerprint density at radius 2 is 1.23 bits per heavy atom. The standard InChI is InChI=1S/C17H16FN5O3S.C14H9FN4O2/c1-22(2)27(25,26)11-16(24)15-4-3-5-17(20-15)23-7-6-14(21-23)12-8-13(18)10-19-9-12;15-10-6-9(7-16-8-10)11-4-5-19(18-11)13-3-1-2-12(17-13)14(20)21/h3-10H,11H2,1-2H3;1-8H,(H,20,21). The van der Waals surface area contributed by atoms with Crippen molar-refractivity contribution in [1.82, 2.24) is 43.8 Å². The summed E-state index contributed by atoms with van der Waals surface area (Å²) in [5, 5.41) is 17.5. The van der Waals surface area contributed by atoms with Crippen LogP contribution in [0, 0.1) is 11.6 Å². The minimum absolute atomic E-state index is 0.0161. The Labute approximate surface area is 272 Å². The molecule has 6 heterocycles. The number of sulfonamides is 1. The Morgan fingerprint density at radius 1 is 0.750 bits per heavy atom. The zero-order chi connectivity index (χ0) is 34.4. The topological polar surface area (TPSA) is 179 Å². The molecule has 0 atom stereocenters. The number of carboxylic acid groups (broad SMARTS) is 1. The van der Waals surface area contributed by atoms with E-state index in [9.17, 15) is 26.8 Å². The Hall–Kier alpha value is -6.07. The molecule has 48 heavy (non-hydrogen) atoms. The highest BCUT2D eigenvalue weighted by atomic mass is 32.2. The van der Waals surface area contributed by atoms with E-state index >= 15 is 0 Å². The first kappa shape index (κ1) is 33.3. The molecule has 0 aliphatic rings. The number of ketones is 1. The first-order valence-corrected chi connectivity index (χ1v) is 15.5. The summed E-state index contributed by atoms with van der Waals surface area (Å²) in [4.78, 5) is 38.9. The monoisotopic (exact) mass is 673 g/mol. The van der Waals surface area contributed by atoms with Gasteiger partial charge in [0.1, 0.15) is 23.1 Å². The van der Waals surface area contributed by atoms with E-state index in [4.69, 9.17) is 5.11 Å². The average Bonchev–Trinajstić information content (AvgIpc) is 3.76. The van der Waals surface area contributed by atoms with Gasteiger partial charge in [0.05, 0.1) is 23.8 Å². The molecule has 6 aromatic rings. The maximum absolute atomic E-state index is 13.3. The maximum Gasteiger partial charge on any atom is 0.354 e. The Morgan fingerprint density at radius 3 is 1.69 bits per heavy atom. The molecule has 0 saturated heterocycles. The quantitative estimate of drug-likeness (QED) is 0.221. The van der Waals surface area contributed by atoms with Gasteiger partial charge in [-0.2, -0.15) is 10.2 Å². The van der Waals surface area contributed by atoms with Gasteiger partial charge in [-0.1, -0.05) is 12.1 Å². The van der Waals surface area contributed by atoms with Gasteiger partial charge in [-0.25, -0.2) is 45.6 Å². The molecule has 244 valence electrons. The molecule has 0 amide bonds. The highest BCUT2D eigenvalue weighted by Crippen LogP contribution is 2.19. The molecule has 0 radical (unpaired) electrons. The number of carbonyl (C=O) groups is 2. The van der Waals surface area contributed by atoms with Crippen molar-refractivity contribution in [2.24, 2.45) is 0 Å². The lowest BCUT2D eigenvalue weighted by molar-refractivity contribution is 0.0690. The predicted octanol–water partition coefficient (Wildman–Crippen LogP) is 3.71. The third-order valence-electron chi connectivity index (χ3n) is 6.49. The molecule has 0 aliphatic carbocycles. The van der Waals surface area contributed by atoms with Crippen molar-refractivity contribution in [1.29, 1.82) is 0 Å². The van der Waals surface area contributed by atoms with E-state index in [0.717, 1.165) is 16.7 Å². The van der Waals surface area contributed by atoms with Crippen molar-refractivity contribution >= 4 is 21.8 Å². The molecule has 1 N–H and O–H groups in total. The fourth-order valence-electron chi connectivity index (χ4n) is 4.06. The van der Waals surface area contributed by atoms with Gasteiger partial charge in [0, 0.05) is 50.0 Å². The molecule has 0 unspecified atom stereocenters. The third-order valence-corrected chi connectivity index (χ3v) is 8.23. The van der Waals surface area contributed by atoms with Crippen LogP contribution in [0.5, 0.6) is 0 Å². The van der Waals surface area contributed by atoms with Gasteiger partial charge in [0.15, 0.2) is 23.1 Å². The van der Waals surface area contributed by atoms with Crippen molar-refractivity contribution in [3.8, 4) is 34.2 Å². The Kier molecular flexibility index (Phi) is 9.81. The molecule has 0 fully saturated rings. The number of hydrogen-bond donors (Lipinski definition) is 1. The van der Waals surface area contributed by atoms with Crippen molar-refractivity contribution in [2.45, 2.75) is 0 Å². The molecule has 0 bridgehead atoms. The van der Waals surface area contributed by atoms with Gasteiger partial charge in [-0.05, 0) is 48.5 Å². The first-order chi connectivity index (χ1) is 22.9. The SMILES string of the molecule is CN(C)S(=O)(=O)CC(=O)c1cccc(-n2ccc(-c3cncc(F)c3)n2)n1.O=C(O)c1cccc(-n2ccc(-c3cncc(F)c3)n2)n1. The molecular formula is C31H25F2N9O5S. The number of aromatic nitrogens is 8. The maximum atomic E-state index is 13.3. The molecule has 14 nitrogen and oxygen atoms in total. The van der Waals surface area contributed by atoms with Crippen LogP contribution in [0.15, 0.2) is 97.8 Å². The molecule has 17 heteroatoms. The van der Waals surface area contributed by atoms with Crippen molar-refractivity contribution in [3.63, 3.8) is 0 Å². The highest BCUT2D eigenvalue weighted by molar-refractivity contribution is 7.89. The number of nitrogens with zero attached hydrogens (tertiary/aromatic N) is 9. The predicted molar refractivity (Wildman–Crippen MR) is 168 cm³/mol. The van der Waals surface area contributed by atoms with Gasteiger partial charge >= 0.3 is 5.97 Å². The molecule has 0 spiro atoms. The minimum Gasteiger partial charge on any atom is -0.477 e. The average molecular weight is 674 g/mol. The molecular weight excluding hydrogens is 648 g/mol. The highest BCUT2D eigenvalue weighted by Gasteiger charge is 2.21. The van der Waals surface area contributed by atoms with E-state index in [1.807, 2.05) is 0 Å². The second-order valence-corrected chi connectivity index (χ2v) is 12.3. The normalized spacial score (nSPS) is 11.2. The third kappa shape index (κ3) is 8.01. The van der Waals surface area contributed by atoms with Crippen LogP contribution in [-0.2, 0) is 10.0 Å². The molecule has 6 aromatic heterocycles. The van der Waals surface area contributed by atoms with Crippen LogP contribution >= 0.6 is 0 Å². The lowest BCUT2D eigenvalue weighted by Gasteiger charge is -2.10. The van der Waals surface area contributed by atoms with E-state index in [-0.39, 0.29) is 11.4 Å². The van der Waals surface area contributed by atoms with Crippen molar-refractivity contribution in [2.75, 3.05) is 19.8 Å². The molecule has 0 saturated carbocycles. The van der Waals surface area contributed by atoms with Crippen LogP contribution in [0.4, 0.5) is 8.78 Å². The fourth-order valence-corrected chi connectivity index (χ4v) is 4.80. The fraction of sp³-hybridized carbons (Fsp3) is 0.0968. The van der Waals surface area contributed by atoms with Crippen molar-refractivity contribution in [3.05, 3.63) is 121 Å². The van der Waals surface area contributed by atoms with Gasteiger partial charge in [-0.15, -0.1) is 0 Å². The van der Waals surface area contributed by atoms with E-state index in [2.05, 4.69) is 30.1 Å². The lowest BCUT2D eigenvalue weighted by atomic mass is 10.2. The Balaban J connectivity index is 0.000000194. The van der Waals surface area contributed by atoms with Gasteiger partial charge in [0.2, 0.25) is 10.0 Å². The smallest absolute Gasteiger partial charge is 0.354 e. The summed E-state index contributed by atoms with van der Waals surface area (Å²) in [7, 11) is -0.960. The number of Topliss-reactive ketones (excluding diaryl/α,β-unsaturated/α-hetero) is 1. The van der Waals surface area contributed by atoms with Crippen LogP contribution in [-0.4, -0.2) is 88.9 Å². The number of hydrogen-bond acceptors (Lipinski definition) is 10. The second kappa shape index (κ2) is 14.1. The van der Waals surface area contributed by atoms with Crippen LogP contribution in [0.25, 0.3) is 34.2 Å². The van der Waals surface area contributed by atoms with E-state index < -0.39 is 39.2 Å². The summed E-state index contributed by atoms with van der Waals surface area (Å²) in [5.74, 6) is -2.63. The number of rotatable bonds is 9. The lowest BCUT2D eigenvalue weighted by Crippen LogP contribution is -2.29. The van der Waals surface area contributed by atoms with Gasteiger partial charge in [0.25, 0.3) is 0 Å². The molecule has 6 rings (SSSR count). The van der Waals surface area contributed by atoms with Crippen molar-refractivity contribution < 1.29 is 31.9 Å². The van der Waals surface area contributed by atoms with E-state index in [1.165, 1.54) is 60.1 Å². The largest absolute Gasteiger partial charge is 0.477 e. The molecule has 0 aliphatic heterocycles. The van der Waals surface area contributed by atoms with Gasteiger partial charge in [-0.3, -0.25) is 14.8 Å². The Bertz CT molecular complexity index is 2220. The molecule has 0 aromatic carbocycles. The zero-order valence-electron chi connectivity index (χ0n) is 25.2. The number of carbonyl (C=O) groups excluding carboxylic acids is 1. The number of carboxylic acids is 1. The van der Waals surface area contributed by atoms with Gasteiger partial charge < -0.3 is 5.11 Å².